The summed E-state index contributed by atoms with van der Waals surface area (Å²) in [5.74, 6) is -0.329. The van der Waals surface area contributed by atoms with Crippen molar-refractivity contribution < 1.29 is 47.6 Å². The van der Waals surface area contributed by atoms with Crippen LogP contribution in [0.2, 0.25) is 0 Å². The van der Waals surface area contributed by atoms with E-state index in [4.69, 9.17) is 34.8 Å². The van der Waals surface area contributed by atoms with Crippen LogP contribution < -0.4 is 0 Å². The highest BCUT2D eigenvalue weighted by atomic mass is 16.7. The Morgan fingerprint density at radius 1 is 0.857 bits per heavy atom. The molecule has 0 aromatic carbocycles. The summed E-state index contributed by atoms with van der Waals surface area (Å²) in [6, 6.07) is 0. The van der Waals surface area contributed by atoms with Gasteiger partial charge in [0.2, 0.25) is 0 Å². The van der Waals surface area contributed by atoms with Gasteiger partial charge in [0.25, 0.3) is 0 Å². The largest absolute Gasteiger partial charge is 0.463 e. The van der Waals surface area contributed by atoms with Gasteiger partial charge in [-0.3, -0.25) is 19.2 Å². The van der Waals surface area contributed by atoms with Gasteiger partial charge in [-0.25, -0.2) is 0 Å². The second-order valence-electron chi connectivity index (χ2n) is 5.89. The fraction of sp³-hybridized carbons (Fsp3) is 0.667. The van der Waals surface area contributed by atoms with E-state index in [9.17, 15) is 19.2 Å². The fourth-order valence-electron chi connectivity index (χ4n) is 2.56. The first kappa shape index (κ1) is 23.4. The van der Waals surface area contributed by atoms with Gasteiger partial charge in [0.15, 0.2) is 24.6 Å². The minimum absolute atomic E-state index is 0.0598. The van der Waals surface area contributed by atoms with E-state index in [1.807, 2.05) is 0 Å². The minimum atomic E-state index is -1.25. The Bertz CT molecular complexity index is 622. The van der Waals surface area contributed by atoms with E-state index < -0.39 is 54.6 Å². The average Bonchev–Trinajstić information content (AvgIpc) is 2.57. The van der Waals surface area contributed by atoms with Crippen LogP contribution in [0, 0.1) is 12.3 Å². The molecule has 0 unspecified atom stereocenters. The molecule has 0 bridgehead atoms. The number of rotatable bonds is 8. The predicted molar refractivity (Wildman–Crippen MR) is 91.4 cm³/mol. The van der Waals surface area contributed by atoms with Crippen molar-refractivity contribution >= 4 is 23.9 Å². The number of terminal acetylenes is 1. The predicted octanol–water partition coefficient (Wildman–Crippen LogP) is 0.109. The van der Waals surface area contributed by atoms with Crippen LogP contribution in [0.1, 0.15) is 34.1 Å². The van der Waals surface area contributed by atoms with Crippen LogP contribution in [0.3, 0.4) is 0 Å². The summed E-state index contributed by atoms with van der Waals surface area (Å²) in [5.41, 5.74) is 0. The number of carbonyl (C=O) groups excluding carboxylic acids is 4. The molecule has 1 aliphatic heterocycles. The molecule has 0 spiro atoms. The van der Waals surface area contributed by atoms with Crippen LogP contribution in [-0.4, -0.2) is 67.8 Å². The Hall–Kier alpha value is -2.64. The first-order valence-electron chi connectivity index (χ1n) is 8.51. The van der Waals surface area contributed by atoms with E-state index in [1.165, 1.54) is 6.92 Å². The fourth-order valence-corrected chi connectivity index (χ4v) is 2.56. The molecule has 156 valence electrons. The summed E-state index contributed by atoms with van der Waals surface area (Å²) in [6.45, 7) is 4.37. The molecule has 1 heterocycles. The molecule has 0 aromatic rings. The van der Waals surface area contributed by atoms with Crippen LogP contribution in [0.4, 0.5) is 0 Å². The number of ether oxygens (including phenoxy) is 6. The average molecular weight is 400 g/mol. The Morgan fingerprint density at radius 2 is 1.39 bits per heavy atom. The SMILES string of the molecule is C#CCCO[C@H]1O[C@H](COC(C)=O)[C@H](OC(C)=O)[C@H](OC(C)=O)[C@H]1OC(C)=O. The molecule has 1 saturated heterocycles. The lowest BCUT2D eigenvalue weighted by molar-refractivity contribution is -0.307. The maximum atomic E-state index is 11.6. The number of esters is 4. The molecule has 1 aliphatic rings. The number of carbonyl (C=O) groups is 4. The molecule has 0 aliphatic carbocycles. The van der Waals surface area contributed by atoms with Crippen molar-refractivity contribution in [2.24, 2.45) is 0 Å². The van der Waals surface area contributed by atoms with Gasteiger partial charge in [0.05, 0.1) is 6.61 Å². The van der Waals surface area contributed by atoms with Crippen molar-refractivity contribution in [2.45, 2.75) is 64.8 Å². The molecule has 0 radical (unpaired) electrons. The van der Waals surface area contributed by atoms with Gasteiger partial charge < -0.3 is 28.4 Å². The minimum Gasteiger partial charge on any atom is -0.463 e. The highest BCUT2D eigenvalue weighted by molar-refractivity contribution is 5.68. The summed E-state index contributed by atoms with van der Waals surface area (Å²) < 4.78 is 31.9. The molecule has 10 heteroatoms. The van der Waals surface area contributed by atoms with Gasteiger partial charge in [-0.1, -0.05) is 0 Å². The maximum absolute atomic E-state index is 11.6. The van der Waals surface area contributed by atoms with Gasteiger partial charge in [0, 0.05) is 34.1 Å². The molecular formula is C18H24O10. The van der Waals surface area contributed by atoms with E-state index in [0.29, 0.717) is 0 Å². The van der Waals surface area contributed by atoms with Crippen molar-refractivity contribution in [3.05, 3.63) is 0 Å². The van der Waals surface area contributed by atoms with E-state index in [2.05, 4.69) is 5.92 Å². The zero-order valence-electron chi connectivity index (χ0n) is 16.2. The third kappa shape index (κ3) is 7.54. The smallest absolute Gasteiger partial charge is 0.303 e. The highest BCUT2D eigenvalue weighted by Gasteiger charge is 2.52. The molecule has 1 rings (SSSR count). The second kappa shape index (κ2) is 11.3. The molecule has 0 amide bonds. The first-order chi connectivity index (χ1) is 13.1. The van der Waals surface area contributed by atoms with Gasteiger partial charge in [0.1, 0.15) is 12.7 Å². The lowest BCUT2D eigenvalue weighted by Crippen LogP contribution is -2.63. The van der Waals surface area contributed by atoms with E-state index in [0.717, 1.165) is 20.8 Å². The zero-order chi connectivity index (χ0) is 21.3. The van der Waals surface area contributed by atoms with E-state index in [-0.39, 0.29) is 19.6 Å². The molecule has 1 fully saturated rings. The van der Waals surface area contributed by atoms with Gasteiger partial charge in [-0.2, -0.15) is 0 Å². The van der Waals surface area contributed by atoms with Crippen LogP contribution in [0.5, 0.6) is 0 Å². The van der Waals surface area contributed by atoms with E-state index >= 15 is 0 Å². The number of hydrogen-bond donors (Lipinski definition) is 0. The Labute approximate surface area is 162 Å². The Balaban J connectivity index is 3.23. The first-order valence-corrected chi connectivity index (χ1v) is 8.51. The van der Waals surface area contributed by atoms with Crippen molar-refractivity contribution in [2.75, 3.05) is 13.2 Å². The van der Waals surface area contributed by atoms with Crippen molar-refractivity contribution in [3.8, 4) is 12.3 Å². The monoisotopic (exact) mass is 400 g/mol. The Kier molecular flexibility index (Phi) is 9.41. The molecule has 10 nitrogen and oxygen atoms in total. The topological polar surface area (TPSA) is 124 Å². The third-order valence-electron chi connectivity index (χ3n) is 3.48. The quantitative estimate of drug-likeness (QED) is 0.240. The van der Waals surface area contributed by atoms with Crippen molar-refractivity contribution in [1.29, 1.82) is 0 Å². The molecule has 5 atom stereocenters. The van der Waals surface area contributed by atoms with Gasteiger partial charge in [-0.05, 0) is 0 Å². The van der Waals surface area contributed by atoms with Crippen LogP contribution in [0.25, 0.3) is 0 Å². The van der Waals surface area contributed by atoms with Crippen LogP contribution in [-0.2, 0) is 47.6 Å². The van der Waals surface area contributed by atoms with Crippen molar-refractivity contribution in [1.82, 2.24) is 0 Å². The normalized spacial score (nSPS) is 26.5. The molecule has 28 heavy (non-hydrogen) atoms. The van der Waals surface area contributed by atoms with Crippen LogP contribution >= 0.6 is 0 Å². The summed E-state index contributed by atoms with van der Waals surface area (Å²) in [5, 5.41) is 0. The summed E-state index contributed by atoms with van der Waals surface area (Å²) in [7, 11) is 0. The Morgan fingerprint density at radius 3 is 1.89 bits per heavy atom. The molecule has 0 aromatic heterocycles. The zero-order valence-corrected chi connectivity index (χ0v) is 16.2. The standard InChI is InChI=1S/C18H24O10/c1-6-7-8-23-18-17(27-13(5)22)16(26-12(4)21)15(25-11(3)20)14(28-18)9-24-10(2)19/h1,14-18H,7-9H2,2-5H3/t14-,15+,16+,17-,18+/m1/s1. The maximum Gasteiger partial charge on any atom is 0.303 e. The summed E-state index contributed by atoms with van der Waals surface area (Å²) in [4.78, 5) is 45.9. The van der Waals surface area contributed by atoms with Gasteiger partial charge >= 0.3 is 23.9 Å². The summed E-state index contributed by atoms with van der Waals surface area (Å²) >= 11 is 0. The lowest BCUT2D eigenvalue weighted by atomic mass is 9.98. The third-order valence-corrected chi connectivity index (χ3v) is 3.48. The second-order valence-corrected chi connectivity index (χ2v) is 5.89. The lowest BCUT2D eigenvalue weighted by Gasteiger charge is -2.44. The van der Waals surface area contributed by atoms with E-state index in [1.54, 1.807) is 0 Å². The summed E-state index contributed by atoms with van der Waals surface area (Å²) in [6.07, 6.45) is -0.505. The number of hydrogen-bond acceptors (Lipinski definition) is 10. The molecule has 0 N–H and O–H groups in total. The van der Waals surface area contributed by atoms with Gasteiger partial charge in [-0.15, -0.1) is 12.3 Å². The molecule has 0 saturated carbocycles. The highest BCUT2D eigenvalue weighted by Crippen LogP contribution is 2.30. The molecular weight excluding hydrogens is 376 g/mol. The van der Waals surface area contributed by atoms with Crippen molar-refractivity contribution in [3.63, 3.8) is 0 Å². The van der Waals surface area contributed by atoms with Crippen LogP contribution in [0.15, 0.2) is 0 Å².